The van der Waals surface area contributed by atoms with Crippen molar-refractivity contribution in [1.82, 2.24) is 4.72 Å². The van der Waals surface area contributed by atoms with Gasteiger partial charge in [0.2, 0.25) is 0 Å². The maximum Gasteiger partial charge on any atom is 0.426 e. The van der Waals surface area contributed by atoms with E-state index in [1.807, 2.05) is 0 Å². The van der Waals surface area contributed by atoms with Crippen LogP contribution in [0.2, 0.25) is 0 Å². The van der Waals surface area contributed by atoms with Crippen molar-refractivity contribution in [2.24, 2.45) is 0 Å². The second-order valence-electron chi connectivity index (χ2n) is 4.98. The van der Waals surface area contributed by atoms with E-state index in [2.05, 4.69) is 0 Å². The predicted octanol–water partition coefficient (Wildman–Crippen LogP) is 2.18. The number of ether oxygens (including phenoxy) is 2. The normalized spacial score (nSPS) is 10.8. The summed E-state index contributed by atoms with van der Waals surface area (Å²) in [5.41, 5.74) is 0.793. The SMILES string of the molecule is COc1cc(C(=O)O)ccc1OC(=O)NS(=O)(=O)c1ccc(C)cc1. The quantitative estimate of drug-likeness (QED) is 0.833. The van der Waals surface area contributed by atoms with Crippen LogP contribution in [-0.2, 0) is 10.0 Å². The molecule has 25 heavy (non-hydrogen) atoms. The Bertz CT molecular complexity index is 905. The lowest BCUT2D eigenvalue weighted by Gasteiger charge is -2.11. The molecule has 0 aliphatic rings. The molecule has 0 atom stereocenters. The molecule has 0 aliphatic carbocycles. The second-order valence-corrected chi connectivity index (χ2v) is 6.66. The van der Waals surface area contributed by atoms with E-state index in [4.69, 9.17) is 14.6 Å². The maximum atomic E-state index is 12.1. The maximum absolute atomic E-state index is 12.1. The van der Waals surface area contributed by atoms with E-state index in [1.54, 1.807) is 23.8 Å². The molecule has 0 unspecified atom stereocenters. The molecule has 0 saturated heterocycles. The Kier molecular flexibility index (Phi) is 5.28. The summed E-state index contributed by atoms with van der Waals surface area (Å²) in [7, 11) is -2.84. The largest absolute Gasteiger partial charge is 0.493 e. The van der Waals surface area contributed by atoms with Crippen molar-refractivity contribution in [3.05, 3.63) is 53.6 Å². The molecule has 0 saturated carbocycles. The zero-order chi connectivity index (χ0) is 18.6. The molecule has 0 bridgehead atoms. The van der Waals surface area contributed by atoms with Crippen LogP contribution < -0.4 is 14.2 Å². The van der Waals surface area contributed by atoms with E-state index in [-0.39, 0.29) is 22.0 Å². The Labute approximate surface area is 144 Å². The summed E-state index contributed by atoms with van der Waals surface area (Å²) < 4.78 is 35.9. The van der Waals surface area contributed by atoms with Crippen LogP contribution in [0.25, 0.3) is 0 Å². The summed E-state index contributed by atoms with van der Waals surface area (Å²) >= 11 is 0. The third-order valence-electron chi connectivity index (χ3n) is 3.16. The Morgan fingerprint density at radius 3 is 2.24 bits per heavy atom. The van der Waals surface area contributed by atoms with Crippen LogP contribution in [0.5, 0.6) is 11.5 Å². The lowest BCUT2D eigenvalue weighted by Crippen LogP contribution is -2.33. The molecule has 1 amide bonds. The van der Waals surface area contributed by atoms with E-state index in [0.717, 1.165) is 11.6 Å². The minimum atomic E-state index is -4.10. The number of hydrogen-bond acceptors (Lipinski definition) is 6. The number of carboxylic acid groups (broad SMARTS) is 1. The minimum Gasteiger partial charge on any atom is -0.493 e. The third-order valence-corrected chi connectivity index (χ3v) is 4.49. The van der Waals surface area contributed by atoms with E-state index in [0.29, 0.717) is 0 Å². The van der Waals surface area contributed by atoms with Gasteiger partial charge in [-0.1, -0.05) is 17.7 Å². The van der Waals surface area contributed by atoms with Crippen LogP contribution in [0.15, 0.2) is 47.4 Å². The first kappa shape index (κ1) is 18.3. The number of aromatic carboxylic acids is 1. The average Bonchev–Trinajstić information content (AvgIpc) is 2.54. The van der Waals surface area contributed by atoms with Gasteiger partial charge in [0.1, 0.15) is 0 Å². The van der Waals surface area contributed by atoms with Crippen molar-refractivity contribution in [2.75, 3.05) is 7.11 Å². The molecule has 2 aromatic rings. The third kappa shape index (κ3) is 4.48. The molecule has 2 N–H and O–H groups in total. The molecule has 0 aliphatic heterocycles. The monoisotopic (exact) mass is 365 g/mol. The number of aryl methyl sites for hydroxylation is 1. The Morgan fingerprint density at radius 1 is 1.04 bits per heavy atom. The summed E-state index contributed by atoms with van der Waals surface area (Å²) in [6.07, 6.45) is -1.25. The van der Waals surface area contributed by atoms with Crippen LogP contribution >= 0.6 is 0 Å². The van der Waals surface area contributed by atoms with Crippen molar-refractivity contribution >= 4 is 22.1 Å². The molecular weight excluding hydrogens is 350 g/mol. The number of benzene rings is 2. The molecule has 2 rings (SSSR count). The van der Waals surface area contributed by atoms with E-state index < -0.39 is 22.1 Å². The number of rotatable bonds is 5. The zero-order valence-corrected chi connectivity index (χ0v) is 14.2. The first-order valence-electron chi connectivity index (χ1n) is 6.95. The number of methoxy groups -OCH3 is 1. The summed E-state index contributed by atoms with van der Waals surface area (Å²) in [4.78, 5) is 22.7. The van der Waals surface area contributed by atoms with Crippen molar-refractivity contribution in [2.45, 2.75) is 11.8 Å². The van der Waals surface area contributed by atoms with Gasteiger partial charge in [0.05, 0.1) is 17.6 Å². The smallest absolute Gasteiger partial charge is 0.426 e. The number of nitrogens with one attached hydrogen (secondary N) is 1. The fourth-order valence-corrected chi connectivity index (χ4v) is 2.77. The van der Waals surface area contributed by atoms with Gasteiger partial charge in [-0.15, -0.1) is 0 Å². The first-order chi connectivity index (χ1) is 11.7. The summed E-state index contributed by atoms with van der Waals surface area (Å²) in [6.45, 7) is 1.80. The van der Waals surface area contributed by atoms with Crippen molar-refractivity contribution in [3.8, 4) is 11.5 Å². The number of carboxylic acids is 1. The van der Waals surface area contributed by atoms with Gasteiger partial charge in [0.25, 0.3) is 10.0 Å². The topological polar surface area (TPSA) is 119 Å². The van der Waals surface area contributed by atoms with Gasteiger partial charge in [-0.3, -0.25) is 0 Å². The van der Waals surface area contributed by atoms with Gasteiger partial charge in [-0.2, -0.15) is 0 Å². The molecular formula is C16H15NO7S. The van der Waals surface area contributed by atoms with Crippen molar-refractivity contribution in [3.63, 3.8) is 0 Å². The lowest BCUT2D eigenvalue weighted by atomic mass is 10.2. The number of carbonyl (C=O) groups is 2. The lowest BCUT2D eigenvalue weighted by molar-refractivity contribution is 0.0696. The molecule has 9 heteroatoms. The van der Waals surface area contributed by atoms with Crippen LogP contribution in [0.1, 0.15) is 15.9 Å². The fourth-order valence-electron chi connectivity index (χ4n) is 1.89. The van der Waals surface area contributed by atoms with E-state index >= 15 is 0 Å². The summed E-state index contributed by atoms with van der Waals surface area (Å²) in [5, 5.41) is 8.92. The molecule has 8 nitrogen and oxygen atoms in total. The van der Waals surface area contributed by atoms with Gasteiger partial charge in [0, 0.05) is 0 Å². The number of amides is 1. The standard InChI is InChI=1S/C16H15NO7S/c1-10-3-6-12(7-4-10)25(21,22)17-16(20)24-13-8-5-11(15(18)19)9-14(13)23-2/h3-9H,1-2H3,(H,17,20)(H,18,19). The summed E-state index contributed by atoms with van der Waals surface area (Å²) in [6, 6.07) is 9.43. The Morgan fingerprint density at radius 2 is 1.68 bits per heavy atom. The van der Waals surface area contributed by atoms with E-state index in [9.17, 15) is 18.0 Å². The molecule has 2 aromatic carbocycles. The first-order valence-corrected chi connectivity index (χ1v) is 8.44. The van der Waals surface area contributed by atoms with Gasteiger partial charge >= 0.3 is 12.1 Å². The molecule has 0 aromatic heterocycles. The van der Waals surface area contributed by atoms with Crippen LogP contribution in [-0.4, -0.2) is 32.7 Å². The highest BCUT2D eigenvalue weighted by atomic mass is 32.2. The van der Waals surface area contributed by atoms with Gasteiger partial charge in [0.15, 0.2) is 11.5 Å². The average molecular weight is 365 g/mol. The molecule has 0 fully saturated rings. The Hall–Kier alpha value is -3.07. The van der Waals surface area contributed by atoms with Crippen LogP contribution in [0.3, 0.4) is 0 Å². The van der Waals surface area contributed by atoms with Crippen molar-refractivity contribution < 1.29 is 32.6 Å². The molecule has 132 valence electrons. The number of sulfonamides is 1. The van der Waals surface area contributed by atoms with Crippen LogP contribution in [0.4, 0.5) is 4.79 Å². The number of hydrogen-bond donors (Lipinski definition) is 2. The van der Waals surface area contributed by atoms with Gasteiger partial charge in [-0.25, -0.2) is 22.7 Å². The highest BCUT2D eigenvalue weighted by Gasteiger charge is 2.20. The van der Waals surface area contributed by atoms with Gasteiger partial charge < -0.3 is 14.6 Å². The summed E-state index contributed by atoms with van der Waals surface area (Å²) in [5.74, 6) is -1.33. The molecule has 0 heterocycles. The van der Waals surface area contributed by atoms with Crippen molar-refractivity contribution in [1.29, 1.82) is 0 Å². The van der Waals surface area contributed by atoms with Gasteiger partial charge in [-0.05, 0) is 37.3 Å². The highest BCUT2D eigenvalue weighted by molar-refractivity contribution is 7.90. The fraction of sp³-hybridized carbons (Fsp3) is 0.125. The molecule has 0 radical (unpaired) electrons. The van der Waals surface area contributed by atoms with Crippen LogP contribution in [0, 0.1) is 6.92 Å². The van der Waals surface area contributed by atoms with E-state index in [1.165, 1.54) is 31.4 Å². The minimum absolute atomic E-state index is 0.0252. The molecule has 0 spiro atoms. The zero-order valence-electron chi connectivity index (χ0n) is 13.3. The number of carbonyl (C=O) groups excluding carboxylic acids is 1. The second kappa shape index (κ2) is 7.22. The predicted molar refractivity (Wildman–Crippen MR) is 87.5 cm³/mol. The highest BCUT2D eigenvalue weighted by Crippen LogP contribution is 2.28. The Balaban J connectivity index is 2.17.